The smallest absolute Gasteiger partial charge is 0.108 e. The van der Waals surface area contributed by atoms with Gasteiger partial charge in [0, 0.05) is 25.4 Å². The van der Waals surface area contributed by atoms with E-state index in [9.17, 15) is 0 Å². The van der Waals surface area contributed by atoms with Crippen molar-refractivity contribution in [2.75, 3.05) is 13.6 Å². The minimum Gasteiger partial charge on any atom is -0.335 e. The normalized spacial score (nSPS) is 15.2. The van der Waals surface area contributed by atoms with E-state index < -0.39 is 0 Å². The Kier molecular flexibility index (Phi) is 4.82. The molecule has 3 nitrogen and oxygen atoms in total. The zero-order chi connectivity index (χ0) is 11.3. The maximum Gasteiger partial charge on any atom is 0.108 e. The number of aryl methyl sites for hydroxylation is 1. The van der Waals surface area contributed by atoms with Crippen molar-refractivity contribution in [3.05, 3.63) is 18.2 Å². The standard InChI is InChI=1S/C12H23N3/c1-5-15-7-6-14-12(15)8-10(2)11(3)9-13-4/h6-7,10-11,13H,5,8-9H2,1-4H3. The Morgan fingerprint density at radius 2 is 2.13 bits per heavy atom. The van der Waals surface area contributed by atoms with Gasteiger partial charge in [0.1, 0.15) is 5.82 Å². The lowest BCUT2D eigenvalue weighted by molar-refractivity contribution is 0.365. The average Bonchev–Trinajstić information content (AvgIpc) is 2.65. The molecule has 1 N–H and O–H groups in total. The monoisotopic (exact) mass is 209 g/mol. The summed E-state index contributed by atoms with van der Waals surface area (Å²) in [5.74, 6) is 2.58. The van der Waals surface area contributed by atoms with E-state index >= 15 is 0 Å². The van der Waals surface area contributed by atoms with E-state index in [0.717, 1.165) is 19.5 Å². The Labute approximate surface area is 92.9 Å². The van der Waals surface area contributed by atoms with Crippen molar-refractivity contribution in [3.8, 4) is 0 Å². The fraction of sp³-hybridized carbons (Fsp3) is 0.750. The van der Waals surface area contributed by atoms with Gasteiger partial charge in [-0.05, 0) is 32.4 Å². The van der Waals surface area contributed by atoms with Crippen LogP contribution in [0.4, 0.5) is 0 Å². The number of hydrogen-bond acceptors (Lipinski definition) is 2. The number of aromatic nitrogens is 2. The Morgan fingerprint density at radius 1 is 1.40 bits per heavy atom. The summed E-state index contributed by atoms with van der Waals surface area (Å²) in [5, 5.41) is 3.23. The van der Waals surface area contributed by atoms with Crippen molar-refractivity contribution in [1.82, 2.24) is 14.9 Å². The zero-order valence-corrected chi connectivity index (χ0v) is 10.3. The predicted molar refractivity (Wildman–Crippen MR) is 63.9 cm³/mol. The van der Waals surface area contributed by atoms with Crippen LogP contribution in [0.25, 0.3) is 0 Å². The lowest BCUT2D eigenvalue weighted by Crippen LogP contribution is -2.24. The molecule has 0 aliphatic heterocycles. The molecule has 0 aromatic carbocycles. The second kappa shape index (κ2) is 5.91. The zero-order valence-electron chi connectivity index (χ0n) is 10.3. The Bertz CT molecular complexity index is 280. The number of rotatable bonds is 6. The SMILES string of the molecule is CCn1ccnc1CC(C)C(C)CNC. The number of hydrogen-bond donors (Lipinski definition) is 1. The summed E-state index contributed by atoms with van der Waals surface area (Å²) >= 11 is 0. The largest absolute Gasteiger partial charge is 0.335 e. The summed E-state index contributed by atoms with van der Waals surface area (Å²) in [4.78, 5) is 4.41. The first kappa shape index (κ1) is 12.2. The van der Waals surface area contributed by atoms with Crippen LogP contribution in [0.2, 0.25) is 0 Å². The van der Waals surface area contributed by atoms with Crippen molar-refractivity contribution < 1.29 is 0 Å². The molecule has 0 spiro atoms. The van der Waals surface area contributed by atoms with Gasteiger partial charge in [0.05, 0.1) is 0 Å². The summed E-state index contributed by atoms with van der Waals surface area (Å²) in [6, 6.07) is 0. The lowest BCUT2D eigenvalue weighted by Gasteiger charge is -2.19. The van der Waals surface area contributed by atoms with E-state index in [1.807, 2.05) is 13.2 Å². The molecule has 0 saturated heterocycles. The van der Waals surface area contributed by atoms with Crippen LogP contribution in [0.5, 0.6) is 0 Å². The second-order valence-corrected chi connectivity index (χ2v) is 4.35. The summed E-state index contributed by atoms with van der Waals surface area (Å²) in [6.07, 6.45) is 5.03. The quantitative estimate of drug-likeness (QED) is 0.776. The maximum atomic E-state index is 4.41. The summed E-state index contributed by atoms with van der Waals surface area (Å²) in [5.41, 5.74) is 0. The lowest BCUT2D eigenvalue weighted by atomic mass is 9.92. The third-order valence-corrected chi connectivity index (χ3v) is 3.14. The molecular weight excluding hydrogens is 186 g/mol. The molecule has 1 aromatic rings. The molecule has 86 valence electrons. The van der Waals surface area contributed by atoms with Crippen molar-refractivity contribution >= 4 is 0 Å². The van der Waals surface area contributed by atoms with Gasteiger partial charge in [0.2, 0.25) is 0 Å². The van der Waals surface area contributed by atoms with Crippen LogP contribution in [-0.4, -0.2) is 23.1 Å². The third kappa shape index (κ3) is 3.34. The van der Waals surface area contributed by atoms with Crippen LogP contribution in [0.15, 0.2) is 12.4 Å². The second-order valence-electron chi connectivity index (χ2n) is 4.35. The fourth-order valence-corrected chi connectivity index (χ4v) is 1.83. The van der Waals surface area contributed by atoms with Crippen molar-refractivity contribution in [2.45, 2.75) is 33.7 Å². The summed E-state index contributed by atoms with van der Waals surface area (Å²) < 4.78 is 2.22. The van der Waals surface area contributed by atoms with Gasteiger partial charge >= 0.3 is 0 Å². The van der Waals surface area contributed by atoms with Crippen LogP contribution in [0, 0.1) is 11.8 Å². The highest BCUT2D eigenvalue weighted by Gasteiger charge is 2.14. The number of nitrogens with one attached hydrogen (secondary N) is 1. The Hall–Kier alpha value is -0.830. The topological polar surface area (TPSA) is 29.9 Å². The molecular formula is C12H23N3. The number of imidazole rings is 1. The minimum absolute atomic E-state index is 0.671. The summed E-state index contributed by atoms with van der Waals surface area (Å²) in [7, 11) is 2.01. The molecule has 2 unspecified atom stereocenters. The minimum atomic E-state index is 0.671. The Balaban J connectivity index is 2.53. The average molecular weight is 209 g/mol. The predicted octanol–water partition coefficient (Wildman–Crippen LogP) is 1.94. The molecule has 0 bridgehead atoms. The third-order valence-electron chi connectivity index (χ3n) is 3.14. The van der Waals surface area contributed by atoms with E-state index in [-0.39, 0.29) is 0 Å². The van der Waals surface area contributed by atoms with E-state index in [0.29, 0.717) is 11.8 Å². The molecule has 15 heavy (non-hydrogen) atoms. The molecule has 0 amide bonds. The van der Waals surface area contributed by atoms with E-state index in [2.05, 4.69) is 41.8 Å². The van der Waals surface area contributed by atoms with Gasteiger partial charge in [0.15, 0.2) is 0 Å². The van der Waals surface area contributed by atoms with Crippen LogP contribution in [-0.2, 0) is 13.0 Å². The van der Waals surface area contributed by atoms with Crippen molar-refractivity contribution in [3.63, 3.8) is 0 Å². The van der Waals surface area contributed by atoms with Gasteiger partial charge in [-0.1, -0.05) is 13.8 Å². The highest BCUT2D eigenvalue weighted by atomic mass is 15.0. The van der Waals surface area contributed by atoms with Gasteiger partial charge in [0.25, 0.3) is 0 Å². The molecule has 0 radical (unpaired) electrons. The van der Waals surface area contributed by atoms with E-state index in [1.165, 1.54) is 5.82 Å². The van der Waals surface area contributed by atoms with Gasteiger partial charge in [-0.3, -0.25) is 0 Å². The van der Waals surface area contributed by atoms with Gasteiger partial charge in [-0.2, -0.15) is 0 Å². The van der Waals surface area contributed by atoms with Gasteiger partial charge in [-0.25, -0.2) is 4.98 Å². The maximum absolute atomic E-state index is 4.41. The number of nitrogens with zero attached hydrogens (tertiary/aromatic N) is 2. The molecule has 1 rings (SSSR count). The first-order valence-corrected chi connectivity index (χ1v) is 5.83. The molecule has 1 aromatic heterocycles. The molecule has 0 saturated carbocycles. The van der Waals surface area contributed by atoms with Gasteiger partial charge in [-0.15, -0.1) is 0 Å². The van der Waals surface area contributed by atoms with Crippen LogP contribution >= 0.6 is 0 Å². The first-order chi connectivity index (χ1) is 7.19. The van der Waals surface area contributed by atoms with E-state index in [4.69, 9.17) is 0 Å². The molecule has 3 heteroatoms. The first-order valence-electron chi connectivity index (χ1n) is 5.83. The van der Waals surface area contributed by atoms with Crippen molar-refractivity contribution in [2.24, 2.45) is 11.8 Å². The molecule has 0 fully saturated rings. The fourth-order valence-electron chi connectivity index (χ4n) is 1.83. The molecule has 2 atom stereocenters. The highest BCUT2D eigenvalue weighted by Crippen LogP contribution is 2.15. The van der Waals surface area contributed by atoms with Crippen LogP contribution in [0.3, 0.4) is 0 Å². The van der Waals surface area contributed by atoms with Crippen molar-refractivity contribution in [1.29, 1.82) is 0 Å². The molecule has 1 heterocycles. The van der Waals surface area contributed by atoms with Crippen LogP contribution < -0.4 is 5.32 Å². The molecule has 0 aliphatic carbocycles. The van der Waals surface area contributed by atoms with Gasteiger partial charge < -0.3 is 9.88 Å². The summed E-state index contributed by atoms with van der Waals surface area (Å²) in [6.45, 7) is 8.85. The highest BCUT2D eigenvalue weighted by molar-refractivity contribution is 4.94. The molecule has 0 aliphatic rings. The van der Waals surface area contributed by atoms with E-state index in [1.54, 1.807) is 0 Å². The van der Waals surface area contributed by atoms with Crippen LogP contribution in [0.1, 0.15) is 26.6 Å². The Morgan fingerprint density at radius 3 is 2.73 bits per heavy atom.